The zero-order valence-corrected chi connectivity index (χ0v) is 8.77. The van der Waals surface area contributed by atoms with Gasteiger partial charge in [-0.2, -0.15) is 5.21 Å². The Hall–Kier alpha value is -2.02. The summed E-state index contributed by atoms with van der Waals surface area (Å²) in [6.07, 6.45) is 0.0324. The van der Waals surface area contributed by atoms with E-state index < -0.39 is 0 Å². The molecule has 7 nitrogen and oxygen atoms in total. The van der Waals surface area contributed by atoms with Gasteiger partial charge in [0.1, 0.15) is 11.0 Å². The van der Waals surface area contributed by atoms with Crippen LogP contribution in [0.2, 0.25) is 5.15 Å². The molecule has 2 heterocycles. The van der Waals surface area contributed by atoms with Crippen LogP contribution in [0.5, 0.6) is 0 Å². The van der Waals surface area contributed by atoms with Crippen LogP contribution in [0.25, 0.3) is 0 Å². The number of rotatable bonds is 3. The van der Waals surface area contributed by atoms with E-state index in [9.17, 15) is 4.79 Å². The second kappa shape index (κ2) is 4.67. The highest BCUT2D eigenvalue weighted by molar-refractivity contribution is 6.29. The average molecular weight is 239 g/mol. The minimum Gasteiger partial charge on any atom is -0.310 e. The SMILES string of the molecule is O=C(Cc1nn[nH]n1)Nc1cccc(Cl)n1. The number of carbonyl (C=O) groups excluding carboxylic acids is 1. The summed E-state index contributed by atoms with van der Waals surface area (Å²) in [6.45, 7) is 0. The van der Waals surface area contributed by atoms with Crippen molar-refractivity contribution in [3.8, 4) is 0 Å². The maximum absolute atomic E-state index is 11.5. The van der Waals surface area contributed by atoms with Gasteiger partial charge in [-0.15, -0.1) is 10.2 Å². The maximum atomic E-state index is 11.5. The van der Waals surface area contributed by atoms with Crippen LogP contribution in [0.4, 0.5) is 5.82 Å². The molecule has 0 aromatic carbocycles. The third-order valence-electron chi connectivity index (χ3n) is 1.69. The largest absolute Gasteiger partial charge is 0.310 e. The van der Waals surface area contributed by atoms with Gasteiger partial charge in [-0.05, 0) is 12.1 Å². The topological polar surface area (TPSA) is 96.5 Å². The standard InChI is InChI=1S/C8H7ClN6O/c9-5-2-1-3-6(10-5)11-8(16)4-7-12-14-15-13-7/h1-3H,4H2,(H,10,11,16)(H,12,13,14,15). The molecular weight excluding hydrogens is 232 g/mol. The van der Waals surface area contributed by atoms with E-state index in [1.165, 1.54) is 0 Å². The van der Waals surface area contributed by atoms with Gasteiger partial charge in [0.25, 0.3) is 0 Å². The summed E-state index contributed by atoms with van der Waals surface area (Å²) in [7, 11) is 0. The van der Waals surface area contributed by atoms with Crippen LogP contribution in [-0.2, 0) is 11.2 Å². The smallest absolute Gasteiger partial charge is 0.233 e. The van der Waals surface area contributed by atoms with Crippen LogP contribution in [-0.4, -0.2) is 31.5 Å². The molecule has 0 unspecified atom stereocenters. The van der Waals surface area contributed by atoms with Gasteiger partial charge in [-0.1, -0.05) is 22.9 Å². The van der Waals surface area contributed by atoms with Crippen molar-refractivity contribution in [1.29, 1.82) is 0 Å². The van der Waals surface area contributed by atoms with Crippen molar-refractivity contribution >= 4 is 23.3 Å². The Balaban J connectivity index is 1.97. The van der Waals surface area contributed by atoms with Crippen LogP contribution in [0.3, 0.4) is 0 Å². The number of anilines is 1. The first kappa shape index (κ1) is 10.5. The summed E-state index contributed by atoms with van der Waals surface area (Å²) in [5.41, 5.74) is 0. The third-order valence-corrected chi connectivity index (χ3v) is 1.90. The molecule has 0 atom stereocenters. The highest BCUT2D eigenvalue weighted by Gasteiger charge is 2.08. The number of tetrazole rings is 1. The number of halogens is 1. The van der Waals surface area contributed by atoms with Crippen molar-refractivity contribution in [1.82, 2.24) is 25.6 Å². The molecule has 2 aromatic rings. The van der Waals surface area contributed by atoms with Crippen LogP contribution >= 0.6 is 11.6 Å². The summed E-state index contributed by atoms with van der Waals surface area (Å²) >= 11 is 5.67. The molecule has 0 aliphatic heterocycles. The van der Waals surface area contributed by atoms with E-state index in [0.29, 0.717) is 16.8 Å². The number of amides is 1. The molecule has 2 rings (SSSR count). The summed E-state index contributed by atoms with van der Waals surface area (Å²) in [6, 6.07) is 4.95. The van der Waals surface area contributed by atoms with Gasteiger partial charge >= 0.3 is 0 Å². The minimum absolute atomic E-state index is 0.0324. The predicted octanol–water partition coefficient (Wildman–Crippen LogP) is 0.429. The van der Waals surface area contributed by atoms with Crippen molar-refractivity contribution in [2.75, 3.05) is 5.32 Å². The van der Waals surface area contributed by atoms with Crippen molar-refractivity contribution in [2.24, 2.45) is 0 Å². The minimum atomic E-state index is -0.281. The zero-order chi connectivity index (χ0) is 11.4. The number of nitrogens with zero attached hydrogens (tertiary/aromatic N) is 4. The normalized spacial score (nSPS) is 10.1. The highest BCUT2D eigenvalue weighted by atomic mass is 35.5. The Morgan fingerprint density at radius 1 is 1.50 bits per heavy atom. The maximum Gasteiger partial charge on any atom is 0.233 e. The molecule has 0 bridgehead atoms. The summed E-state index contributed by atoms with van der Waals surface area (Å²) in [4.78, 5) is 15.4. The molecule has 82 valence electrons. The van der Waals surface area contributed by atoms with Gasteiger partial charge in [0, 0.05) is 0 Å². The molecule has 0 spiro atoms. The second-order valence-electron chi connectivity index (χ2n) is 2.90. The Morgan fingerprint density at radius 3 is 3.06 bits per heavy atom. The molecule has 0 aliphatic carbocycles. The van der Waals surface area contributed by atoms with Crippen molar-refractivity contribution in [3.05, 3.63) is 29.2 Å². The first-order chi connectivity index (χ1) is 7.74. The van der Waals surface area contributed by atoms with E-state index in [1.54, 1.807) is 18.2 Å². The summed E-state index contributed by atoms with van der Waals surface area (Å²) < 4.78 is 0. The lowest BCUT2D eigenvalue weighted by Crippen LogP contribution is -2.16. The summed E-state index contributed by atoms with van der Waals surface area (Å²) in [5, 5.41) is 15.8. The van der Waals surface area contributed by atoms with Crippen LogP contribution < -0.4 is 5.32 Å². The molecule has 2 N–H and O–H groups in total. The van der Waals surface area contributed by atoms with Crippen molar-refractivity contribution in [2.45, 2.75) is 6.42 Å². The van der Waals surface area contributed by atoms with Gasteiger partial charge in [0.2, 0.25) is 5.91 Å². The highest BCUT2D eigenvalue weighted by Crippen LogP contribution is 2.09. The Kier molecular flexibility index (Phi) is 3.06. The van der Waals surface area contributed by atoms with E-state index in [2.05, 4.69) is 30.9 Å². The average Bonchev–Trinajstić information content (AvgIpc) is 2.70. The molecule has 0 radical (unpaired) electrons. The lowest BCUT2D eigenvalue weighted by molar-refractivity contribution is -0.115. The van der Waals surface area contributed by atoms with Crippen molar-refractivity contribution < 1.29 is 4.79 Å². The second-order valence-corrected chi connectivity index (χ2v) is 3.29. The first-order valence-corrected chi connectivity index (χ1v) is 4.76. The van der Waals surface area contributed by atoms with E-state index in [4.69, 9.17) is 11.6 Å². The van der Waals surface area contributed by atoms with Gasteiger partial charge in [0.15, 0.2) is 5.82 Å². The van der Waals surface area contributed by atoms with E-state index in [0.717, 1.165) is 0 Å². The van der Waals surface area contributed by atoms with Gasteiger partial charge in [0.05, 0.1) is 6.42 Å². The van der Waals surface area contributed by atoms with Crippen LogP contribution in [0.15, 0.2) is 18.2 Å². The molecule has 0 aliphatic rings. The number of hydrogen-bond acceptors (Lipinski definition) is 5. The zero-order valence-electron chi connectivity index (χ0n) is 8.01. The van der Waals surface area contributed by atoms with Crippen LogP contribution in [0.1, 0.15) is 5.82 Å². The number of aromatic nitrogens is 5. The lowest BCUT2D eigenvalue weighted by Gasteiger charge is -2.01. The number of nitrogens with one attached hydrogen (secondary N) is 2. The molecular formula is C8H7ClN6O. The number of H-pyrrole nitrogens is 1. The number of aromatic amines is 1. The predicted molar refractivity (Wildman–Crippen MR) is 55.8 cm³/mol. The molecule has 2 aromatic heterocycles. The molecule has 16 heavy (non-hydrogen) atoms. The van der Waals surface area contributed by atoms with Gasteiger partial charge < -0.3 is 5.32 Å². The summed E-state index contributed by atoms with van der Waals surface area (Å²) in [5.74, 6) is 0.427. The first-order valence-electron chi connectivity index (χ1n) is 4.39. The quantitative estimate of drug-likeness (QED) is 0.756. The number of carbonyl (C=O) groups is 1. The molecule has 0 saturated carbocycles. The van der Waals surface area contributed by atoms with Gasteiger partial charge in [-0.3, -0.25) is 4.79 Å². The Bertz CT molecular complexity index is 485. The fourth-order valence-corrected chi connectivity index (χ4v) is 1.23. The van der Waals surface area contributed by atoms with E-state index in [1.807, 2.05) is 0 Å². The molecule has 0 fully saturated rings. The monoisotopic (exact) mass is 238 g/mol. The fraction of sp³-hybridized carbons (Fsp3) is 0.125. The third kappa shape index (κ3) is 2.74. The van der Waals surface area contributed by atoms with Gasteiger partial charge in [-0.25, -0.2) is 4.98 Å². The fourth-order valence-electron chi connectivity index (χ4n) is 1.07. The number of pyridine rings is 1. The molecule has 8 heteroatoms. The van der Waals surface area contributed by atoms with Crippen LogP contribution in [0, 0.1) is 0 Å². The van der Waals surface area contributed by atoms with Crippen molar-refractivity contribution in [3.63, 3.8) is 0 Å². The Morgan fingerprint density at radius 2 is 2.38 bits per heavy atom. The van der Waals surface area contributed by atoms with E-state index >= 15 is 0 Å². The number of hydrogen-bond donors (Lipinski definition) is 2. The van der Waals surface area contributed by atoms with E-state index in [-0.39, 0.29) is 12.3 Å². The molecule has 1 amide bonds. The lowest BCUT2D eigenvalue weighted by atomic mass is 10.4. The molecule has 0 saturated heterocycles. The Labute approximate surface area is 95.2 Å².